The maximum atomic E-state index is 5.56. The summed E-state index contributed by atoms with van der Waals surface area (Å²) in [5.74, 6) is 2.91. The minimum absolute atomic E-state index is 0.124. The van der Waals surface area contributed by atoms with Crippen LogP contribution in [-0.2, 0) is 0 Å². The zero-order chi connectivity index (χ0) is 18.8. The first-order valence-electron chi connectivity index (χ1n) is 8.48. The molecule has 0 fully saturated rings. The average Bonchev–Trinajstić information content (AvgIpc) is 3.21. The molecular formula is C20H20N4O3. The van der Waals surface area contributed by atoms with Gasteiger partial charge in [0.2, 0.25) is 5.95 Å². The molecule has 2 heterocycles. The zero-order valence-corrected chi connectivity index (χ0v) is 15.3. The van der Waals surface area contributed by atoms with Gasteiger partial charge < -0.3 is 19.5 Å². The van der Waals surface area contributed by atoms with Gasteiger partial charge in [-0.25, -0.2) is 4.68 Å². The second kappa shape index (κ2) is 7.03. The van der Waals surface area contributed by atoms with Gasteiger partial charge in [-0.2, -0.15) is 10.1 Å². The van der Waals surface area contributed by atoms with Crippen molar-refractivity contribution in [3.63, 3.8) is 0 Å². The molecule has 0 unspecified atom stereocenters. The van der Waals surface area contributed by atoms with Crippen LogP contribution in [0.5, 0.6) is 17.2 Å². The lowest BCUT2D eigenvalue weighted by Gasteiger charge is -2.25. The first-order valence-corrected chi connectivity index (χ1v) is 8.48. The van der Waals surface area contributed by atoms with Gasteiger partial charge in [-0.3, -0.25) is 0 Å². The molecule has 1 N–H and O–H groups in total. The lowest BCUT2D eigenvalue weighted by atomic mass is 10.0. The second-order valence-electron chi connectivity index (χ2n) is 6.02. The van der Waals surface area contributed by atoms with Crippen LogP contribution in [0.2, 0.25) is 0 Å². The minimum atomic E-state index is -0.124. The Morgan fingerprint density at radius 1 is 0.963 bits per heavy atom. The van der Waals surface area contributed by atoms with E-state index in [1.807, 2.05) is 47.1 Å². The van der Waals surface area contributed by atoms with Crippen LogP contribution in [0.3, 0.4) is 0 Å². The van der Waals surface area contributed by atoms with Gasteiger partial charge in [0, 0.05) is 11.6 Å². The maximum absolute atomic E-state index is 5.56. The third kappa shape index (κ3) is 3.08. The number of nitrogens with one attached hydrogen (secondary N) is 1. The van der Waals surface area contributed by atoms with Crippen LogP contribution in [-0.4, -0.2) is 36.1 Å². The molecule has 7 nitrogen and oxygen atoms in total. The normalized spacial score (nSPS) is 15.4. The Morgan fingerprint density at radius 2 is 1.78 bits per heavy atom. The van der Waals surface area contributed by atoms with Crippen LogP contribution in [0.15, 0.2) is 54.9 Å². The number of rotatable bonds is 5. The molecular weight excluding hydrogens is 344 g/mol. The molecule has 0 aliphatic carbocycles. The molecule has 0 radical (unpaired) electrons. The van der Waals surface area contributed by atoms with Crippen molar-refractivity contribution in [2.75, 3.05) is 26.6 Å². The molecule has 1 aromatic heterocycles. The molecule has 0 spiro atoms. The van der Waals surface area contributed by atoms with Crippen molar-refractivity contribution >= 4 is 11.6 Å². The van der Waals surface area contributed by atoms with E-state index in [-0.39, 0.29) is 6.04 Å². The van der Waals surface area contributed by atoms with Crippen molar-refractivity contribution in [1.82, 2.24) is 14.8 Å². The van der Waals surface area contributed by atoms with Gasteiger partial charge >= 0.3 is 0 Å². The number of ether oxygens (including phenoxy) is 3. The van der Waals surface area contributed by atoms with Gasteiger partial charge in [-0.1, -0.05) is 12.1 Å². The number of methoxy groups -OCH3 is 3. The number of aromatic nitrogens is 3. The molecule has 1 aliphatic rings. The van der Waals surface area contributed by atoms with E-state index in [1.54, 1.807) is 21.3 Å². The van der Waals surface area contributed by atoms with E-state index in [0.717, 1.165) is 28.3 Å². The van der Waals surface area contributed by atoms with E-state index >= 15 is 0 Å². The predicted molar refractivity (Wildman–Crippen MR) is 102 cm³/mol. The molecule has 0 bridgehead atoms. The molecule has 27 heavy (non-hydrogen) atoms. The number of allylic oxidation sites excluding steroid dienone is 1. The van der Waals surface area contributed by atoms with Gasteiger partial charge in [-0.15, -0.1) is 0 Å². The third-order valence-corrected chi connectivity index (χ3v) is 4.54. The maximum Gasteiger partial charge on any atom is 0.226 e. The first-order chi connectivity index (χ1) is 13.2. The quantitative estimate of drug-likeness (QED) is 0.749. The van der Waals surface area contributed by atoms with E-state index in [2.05, 4.69) is 21.5 Å². The van der Waals surface area contributed by atoms with Crippen molar-refractivity contribution in [3.05, 3.63) is 66.0 Å². The molecule has 7 heteroatoms. The van der Waals surface area contributed by atoms with Gasteiger partial charge in [0.25, 0.3) is 0 Å². The van der Waals surface area contributed by atoms with Crippen LogP contribution in [0, 0.1) is 0 Å². The molecule has 2 aromatic carbocycles. The fourth-order valence-electron chi connectivity index (χ4n) is 3.17. The smallest absolute Gasteiger partial charge is 0.226 e. The highest BCUT2D eigenvalue weighted by atomic mass is 16.5. The molecule has 4 rings (SSSR count). The van der Waals surface area contributed by atoms with Gasteiger partial charge in [0.1, 0.15) is 29.6 Å². The summed E-state index contributed by atoms with van der Waals surface area (Å²) in [6.07, 6.45) is 3.64. The predicted octanol–water partition coefficient (Wildman–Crippen LogP) is 3.36. The van der Waals surface area contributed by atoms with Crippen LogP contribution < -0.4 is 19.5 Å². The van der Waals surface area contributed by atoms with Crippen molar-refractivity contribution < 1.29 is 14.2 Å². The van der Waals surface area contributed by atoms with Crippen molar-refractivity contribution in [2.24, 2.45) is 0 Å². The summed E-state index contributed by atoms with van der Waals surface area (Å²) in [5.41, 5.74) is 2.86. The van der Waals surface area contributed by atoms with E-state index in [1.165, 1.54) is 6.33 Å². The highest BCUT2D eigenvalue weighted by Gasteiger charge is 2.25. The second-order valence-corrected chi connectivity index (χ2v) is 6.02. The van der Waals surface area contributed by atoms with E-state index in [9.17, 15) is 0 Å². The highest BCUT2D eigenvalue weighted by Crippen LogP contribution is 2.37. The minimum Gasteiger partial charge on any atom is -0.497 e. The van der Waals surface area contributed by atoms with Crippen molar-refractivity contribution in [3.8, 4) is 17.2 Å². The fourth-order valence-corrected chi connectivity index (χ4v) is 3.17. The third-order valence-electron chi connectivity index (χ3n) is 4.54. The summed E-state index contributed by atoms with van der Waals surface area (Å²) in [6.45, 7) is 0. The number of hydrogen-bond donors (Lipinski definition) is 1. The van der Waals surface area contributed by atoms with Crippen LogP contribution in [0.4, 0.5) is 5.95 Å². The molecule has 1 atom stereocenters. The standard InChI is InChI=1S/C20H20N4O3/c1-25-14-6-4-5-13(9-14)18-11-17(23-20-21-12-22-24(18)20)16-8-7-15(26-2)10-19(16)27-3/h4-12,18H,1-3H3,(H,21,22,23)/t18-/m1/s1. The average molecular weight is 364 g/mol. The summed E-state index contributed by atoms with van der Waals surface area (Å²) in [5, 5.41) is 7.71. The Labute approximate surface area is 157 Å². The van der Waals surface area contributed by atoms with E-state index < -0.39 is 0 Å². The number of hydrogen-bond acceptors (Lipinski definition) is 6. The largest absolute Gasteiger partial charge is 0.497 e. The summed E-state index contributed by atoms with van der Waals surface area (Å²) >= 11 is 0. The van der Waals surface area contributed by atoms with Crippen molar-refractivity contribution in [1.29, 1.82) is 0 Å². The monoisotopic (exact) mass is 364 g/mol. The van der Waals surface area contributed by atoms with Gasteiger partial charge in [-0.05, 0) is 35.9 Å². The fraction of sp³-hybridized carbons (Fsp3) is 0.200. The number of fused-ring (bicyclic) bond motifs is 1. The van der Waals surface area contributed by atoms with E-state index in [4.69, 9.17) is 14.2 Å². The lowest BCUT2D eigenvalue weighted by molar-refractivity contribution is 0.393. The van der Waals surface area contributed by atoms with E-state index in [0.29, 0.717) is 11.7 Å². The highest BCUT2D eigenvalue weighted by molar-refractivity contribution is 5.80. The Balaban J connectivity index is 1.81. The zero-order valence-electron chi connectivity index (χ0n) is 15.3. The Kier molecular flexibility index (Phi) is 4.42. The lowest BCUT2D eigenvalue weighted by Crippen LogP contribution is -2.20. The summed E-state index contributed by atoms with van der Waals surface area (Å²) in [4.78, 5) is 4.34. The topological polar surface area (TPSA) is 70.4 Å². The number of anilines is 1. The molecule has 1 aliphatic heterocycles. The Bertz CT molecular complexity index is 996. The summed E-state index contributed by atoms with van der Waals surface area (Å²) < 4.78 is 18.1. The number of benzene rings is 2. The van der Waals surface area contributed by atoms with Crippen LogP contribution in [0.1, 0.15) is 17.2 Å². The van der Waals surface area contributed by atoms with Gasteiger partial charge in [0.05, 0.1) is 27.0 Å². The van der Waals surface area contributed by atoms with Crippen LogP contribution in [0.25, 0.3) is 5.70 Å². The molecule has 138 valence electrons. The molecule has 0 saturated carbocycles. The SMILES string of the molecule is COc1cccc([C@H]2C=C(c3ccc(OC)cc3OC)Nc3ncnn32)c1. The number of nitrogens with zero attached hydrogens (tertiary/aromatic N) is 3. The van der Waals surface area contributed by atoms with Crippen LogP contribution >= 0.6 is 0 Å². The Hall–Kier alpha value is -3.48. The molecule has 0 amide bonds. The summed E-state index contributed by atoms with van der Waals surface area (Å²) in [7, 11) is 4.93. The molecule has 3 aromatic rings. The molecule has 0 saturated heterocycles. The Morgan fingerprint density at radius 3 is 2.56 bits per heavy atom. The first kappa shape index (κ1) is 17.0. The van der Waals surface area contributed by atoms with Gasteiger partial charge in [0.15, 0.2) is 0 Å². The van der Waals surface area contributed by atoms with Crippen molar-refractivity contribution in [2.45, 2.75) is 6.04 Å². The summed E-state index contributed by atoms with van der Waals surface area (Å²) in [6, 6.07) is 13.5.